The van der Waals surface area contributed by atoms with Crippen LogP contribution in [0.1, 0.15) is 44.5 Å². The Kier molecular flexibility index (Phi) is 10.3. The van der Waals surface area contributed by atoms with Gasteiger partial charge < -0.3 is 10.1 Å². The molecule has 0 radical (unpaired) electrons. The molecule has 1 aromatic heterocycles. The molecule has 4 rings (SSSR count). The van der Waals surface area contributed by atoms with Crippen molar-refractivity contribution in [2.24, 2.45) is 0 Å². The highest BCUT2D eigenvalue weighted by molar-refractivity contribution is 7.09. The van der Waals surface area contributed by atoms with Crippen LogP contribution in [-0.2, 0) is 17.8 Å². The molecule has 0 fully saturated rings. The second-order valence-electron chi connectivity index (χ2n) is 8.87. The summed E-state index contributed by atoms with van der Waals surface area (Å²) in [5.74, 6) is 0.116. The molecule has 0 saturated carbocycles. The highest BCUT2D eigenvalue weighted by atomic mass is 35.5. The predicted molar refractivity (Wildman–Crippen MR) is 151 cm³/mol. The number of hydrogen-bond donors (Lipinski definition) is 1. The first kappa shape index (κ1) is 27.0. The number of benzene rings is 3. The van der Waals surface area contributed by atoms with Crippen molar-refractivity contribution in [2.75, 3.05) is 26.8 Å². The van der Waals surface area contributed by atoms with Crippen molar-refractivity contribution in [3.63, 3.8) is 0 Å². The number of thiazole rings is 1. The summed E-state index contributed by atoms with van der Waals surface area (Å²) in [6.07, 6.45) is 0.956. The minimum absolute atomic E-state index is 0.169. The van der Waals surface area contributed by atoms with E-state index >= 15 is 0 Å². The van der Waals surface area contributed by atoms with E-state index in [9.17, 15) is 4.79 Å². The number of ether oxygens (including phenoxy) is 1. The number of nitrogens with zero attached hydrogens (tertiary/aromatic N) is 2. The molecule has 1 heterocycles. The quantitative estimate of drug-likeness (QED) is 0.202. The van der Waals surface area contributed by atoms with Gasteiger partial charge in [0.2, 0.25) is 0 Å². The first-order valence-electron chi connectivity index (χ1n) is 12.4. The SMILES string of the molecule is COCCNC(=O)c1csc(CN(CCC(c2ccccc2)c2ccccc2)Cc2ccc(Cl)cc2)n1. The number of aromatic nitrogens is 1. The zero-order valence-corrected chi connectivity index (χ0v) is 22.5. The lowest BCUT2D eigenvalue weighted by molar-refractivity contribution is 0.0932. The maximum absolute atomic E-state index is 12.4. The van der Waals surface area contributed by atoms with Gasteiger partial charge in [-0.25, -0.2) is 4.98 Å². The average Bonchev–Trinajstić information content (AvgIpc) is 3.40. The largest absolute Gasteiger partial charge is 0.383 e. The number of carbonyl (C=O) groups is 1. The highest BCUT2D eigenvalue weighted by Gasteiger charge is 2.18. The van der Waals surface area contributed by atoms with Crippen molar-refractivity contribution < 1.29 is 9.53 Å². The van der Waals surface area contributed by atoms with E-state index in [0.29, 0.717) is 25.4 Å². The maximum atomic E-state index is 12.4. The van der Waals surface area contributed by atoms with Gasteiger partial charge >= 0.3 is 0 Å². The first-order valence-corrected chi connectivity index (χ1v) is 13.7. The van der Waals surface area contributed by atoms with Crippen molar-refractivity contribution in [1.82, 2.24) is 15.2 Å². The summed E-state index contributed by atoms with van der Waals surface area (Å²) in [6.45, 7) is 3.23. The fourth-order valence-electron chi connectivity index (χ4n) is 4.31. The van der Waals surface area contributed by atoms with E-state index in [4.69, 9.17) is 16.3 Å². The van der Waals surface area contributed by atoms with E-state index < -0.39 is 0 Å². The zero-order chi connectivity index (χ0) is 25.9. The van der Waals surface area contributed by atoms with Crippen molar-refractivity contribution in [3.05, 3.63) is 123 Å². The minimum Gasteiger partial charge on any atom is -0.383 e. The predicted octanol–water partition coefficient (Wildman–Crippen LogP) is 6.40. The molecule has 0 spiro atoms. The zero-order valence-electron chi connectivity index (χ0n) is 21.0. The molecule has 0 saturated heterocycles. The van der Waals surface area contributed by atoms with Crippen LogP contribution in [0.3, 0.4) is 0 Å². The van der Waals surface area contributed by atoms with Gasteiger partial charge in [-0.15, -0.1) is 11.3 Å². The van der Waals surface area contributed by atoms with Crippen LogP contribution in [0.2, 0.25) is 5.02 Å². The maximum Gasteiger partial charge on any atom is 0.270 e. The van der Waals surface area contributed by atoms with Crippen LogP contribution >= 0.6 is 22.9 Å². The number of nitrogens with one attached hydrogen (secondary N) is 1. The normalized spacial score (nSPS) is 11.2. The standard InChI is InChI=1S/C30H32ClN3O2S/c1-36-19-17-32-30(35)28-22-37-29(33-28)21-34(20-23-12-14-26(31)15-13-23)18-16-27(24-8-4-2-5-9-24)25-10-6-3-7-11-25/h2-15,22,27H,16-21H2,1H3,(H,32,35). The van der Waals surface area contributed by atoms with Crippen molar-refractivity contribution in [1.29, 1.82) is 0 Å². The Morgan fingerprint density at radius 2 is 1.62 bits per heavy atom. The number of halogens is 1. The number of methoxy groups -OCH3 is 1. The Balaban J connectivity index is 1.50. The lowest BCUT2D eigenvalue weighted by Gasteiger charge is -2.25. The van der Waals surface area contributed by atoms with Gasteiger partial charge in [-0.2, -0.15) is 0 Å². The van der Waals surface area contributed by atoms with Crippen LogP contribution in [0.25, 0.3) is 0 Å². The number of carbonyl (C=O) groups excluding carboxylic acids is 1. The first-order chi connectivity index (χ1) is 18.1. The number of amides is 1. The van der Waals surface area contributed by atoms with E-state index in [-0.39, 0.29) is 11.8 Å². The van der Waals surface area contributed by atoms with Gasteiger partial charge in [-0.1, -0.05) is 84.4 Å². The lowest BCUT2D eigenvalue weighted by atomic mass is 9.88. The molecule has 192 valence electrons. The molecule has 0 aliphatic carbocycles. The minimum atomic E-state index is -0.169. The molecule has 5 nitrogen and oxygen atoms in total. The summed E-state index contributed by atoms with van der Waals surface area (Å²) in [4.78, 5) is 19.4. The second kappa shape index (κ2) is 14.1. The molecule has 7 heteroatoms. The Bertz CT molecular complexity index is 1190. The molecule has 1 N–H and O–H groups in total. The third-order valence-electron chi connectivity index (χ3n) is 6.19. The molecule has 0 unspecified atom stereocenters. The third kappa shape index (κ3) is 8.23. The van der Waals surface area contributed by atoms with E-state index in [0.717, 1.165) is 29.5 Å². The average molecular weight is 534 g/mol. The van der Waals surface area contributed by atoms with Crippen LogP contribution in [0, 0.1) is 0 Å². The summed E-state index contributed by atoms with van der Waals surface area (Å²) < 4.78 is 5.01. The molecular formula is C30H32ClN3O2S. The van der Waals surface area contributed by atoms with Gasteiger partial charge in [0.15, 0.2) is 0 Å². The van der Waals surface area contributed by atoms with Crippen molar-refractivity contribution >= 4 is 28.8 Å². The van der Waals surface area contributed by atoms with E-state index in [1.54, 1.807) is 7.11 Å². The van der Waals surface area contributed by atoms with Gasteiger partial charge in [-0.05, 0) is 41.8 Å². The Morgan fingerprint density at radius 3 is 2.24 bits per heavy atom. The molecule has 3 aromatic carbocycles. The summed E-state index contributed by atoms with van der Waals surface area (Å²) in [6, 6.07) is 29.3. The summed E-state index contributed by atoms with van der Waals surface area (Å²) in [5.41, 5.74) is 4.26. The highest BCUT2D eigenvalue weighted by Crippen LogP contribution is 2.29. The summed E-state index contributed by atoms with van der Waals surface area (Å²) >= 11 is 7.65. The van der Waals surface area contributed by atoms with Crippen molar-refractivity contribution in [3.8, 4) is 0 Å². The smallest absolute Gasteiger partial charge is 0.270 e. The summed E-state index contributed by atoms with van der Waals surface area (Å²) in [7, 11) is 1.61. The fourth-order valence-corrected chi connectivity index (χ4v) is 5.25. The van der Waals surface area contributed by atoms with Crippen LogP contribution < -0.4 is 5.32 Å². The fraction of sp³-hybridized carbons (Fsp3) is 0.267. The van der Waals surface area contributed by atoms with Gasteiger partial charge in [0.25, 0.3) is 5.91 Å². The van der Waals surface area contributed by atoms with E-state index in [2.05, 4.69) is 88.0 Å². The topological polar surface area (TPSA) is 54.5 Å². The van der Waals surface area contributed by atoms with Crippen molar-refractivity contribution in [2.45, 2.75) is 25.4 Å². The number of hydrogen-bond acceptors (Lipinski definition) is 5. The van der Waals surface area contributed by atoms with Crippen LogP contribution in [0.5, 0.6) is 0 Å². The lowest BCUT2D eigenvalue weighted by Crippen LogP contribution is -2.27. The Hall–Kier alpha value is -3.03. The van der Waals surface area contributed by atoms with E-state index in [1.807, 2.05) is 17.5 Å². The number of rotatable bonds is 13. The molecule has 1 amide bonds. The molecule has 0 aliphatic rings. The van der Waals surface area contributed by atoms with Gasteiger partial charge in [0, 0.05) is 36.5 Å². The molecular weight excluding hydrogens is 502 g/mol. The van der Waals surface area contributed by atoms with Gasteiger partial charge in [-0.3, -0.25) is 9.69 Å². The molecule has 37 heavy (non-hydrogen) atoms. The van der Waals surface area contributed by atoms with Gasteiger partial charge in [0.05, 0.1) is 13.2 Å². The summed E-state index contributed by atoms with van der Waals surface area (Å²) in [5, 5.41) is 6.32. The molecule has 0 aliphatic heterocycles. The third-order valence-corrected chi connectivity index (χ3v) is 7.28. The van der Waals surface area contributed by atoms with Crippen LogP contribution in [0.4, 0.5) is 0 Å². The van der Waals surface area contributed by atoms with Gasteiger partial charge in [0.1, 0.15) is 10.7 Å². The second-order valence-corrected chi connectivity index (χ2v) is 10.3. The Morgan fingerprint density at radius 1 is 0.973 bits per heavy atom. The van der Waals surface area contributed by atoms with E-state index in [1.165, 1.54) is 28.0 Å². The monoisotopic (exact) mass is 533 g/mol. The molecule has 4 aromatic rings. The molecule has 0 bridgehead atoms. The Labute approximate surface area is 228 Å². The van der Waals surface area contributed by atoms with Crippen LogP contribution in [0.15, 0.2) is 90.3 Å². The molecule has 0 atom stereocenters. The van der Waals surface area contributed by atoms with Crippen LogP contribution in [-0.4, -0.2) is 42.6 Å².